The molecule has 0 spiro atoms. The van der Waals surface area contributed by atoms with E-state index in [2.05, 4.69) is 36.4 Å². The summed E-state index contributed by atoms with van der Waals surface area (Å²) in [5, 5.41) is 26.1. The molecular formula is C33H35Cl2N9O4. The molecule has 3 amide bonds. The standard InChI is InChI=1S/C33H35Cl2N9O4/c1-20(2)32(46)43-14-4-5-21(18-43)15-27(38-30(45)13-8-23-16-24(34)9-12-29(23)44-19-37-41-42-44)28-17-26(31(35)40-39-28)22-6-10-25(11-7-22)48-33(47)36-3/h6-13,16-17,19-21,27H,4-5,14-15,18H2,1-3H3,(H,36,47)(H,38,45)/b13-8+/t21?,27-/m0/s1. The number of nitrogens with one attached hydrogen (secondary N) is 2. The summed E-state index contributed by atoms with van der Waals surface area (Å²) in [6.07, 6.45) is 6.19. The fraction of sp³-hybridized carbons (Fsp3) is 0.333. The number of amides is 3. The van der Waals surface area contributed by atoms with E-state index >= 15 is 0 Å². The van der Waals surface area contributed by atoms with Crippen molar-refractivity contribution in [3.63, 3.8) is 0 Å². The summed E-state index contributed by atoms with van der Waals surface area (Å²) >= 11 is 12.8. The summed E-state index contributed by atoms with van der Waals surface area (Å²) in [7, 11) is 1.48. The molecule has 1 aliphatic heterocycles. The smallest absolute Gasteiger partial charge is 0.410 e. The van der Waals surface area contributed by atoms with Gasteiger partial charge in [0.15, 0.2) is 5.15 Å². The molecule has 2 aromatic heterocycles. The van der Waals surface area contributed by atoms with Crippen LogP contribution in [0.3, 0.4) is 0 Å². The van der Waals surface area contributed by atoms with E-state index in [-0.39, 0.29) is 28.8 Å². The molecule has 2 atom stereocenters. The number of carbonyl (C=O) groups excluding carboxylic acids is 3. The maximum atomic E-state index is 13.5. The monoisotopic (exact) mass is 691 g/mol. The number of hydrogen-bond donors (Lipinski definition) is 2. The highest BCUT2D eigenvalue weighted by Crippen LogP contribution is 2.33. The Labute approximate surface area is 287 Å². The highest BCUT2D eigenvalue weighted by atomic mass is 35.5. The van der Waals surface area contributed by atoms with Gasteiger partial charge in [-0.1, -0.05) is 49.2 Å². The fourth-order valence-electron chi connectivity index (χ4n) is 5.56. The zero-order chi connectivity index (χ0) is 34.2. The number of aromatic nitrogens is 6. The number of hydrogen-bond acceptors (Lipinski definition) is 9. The average molecular weight is 693 g/mol. The van der Waals surface area contributed by atoms with E-state index in [9.17, 15) is 14.4 Å². The Hall–Kier alpha value is -4.88. The largest absolute Gasteiger partial charge is 0.412 e. The second-order valence-electron chi connectivity index (χ2n) is 11.7. The summed E-state index contributed by atoms with van der Waals surface area (Å²) in [6.45, 7) is 5.08. The quantitative estimate of drug-likeness (QED) is 0.211. The van der Waals surface area contributed by atoms with Gasteiger partial charge in [-0.25, -0.2) is 4.79 Å². The number of rotatable bonds is 10. The predicted octanol–water partition coefficient (Wildman–Crippen LogP) is 5.30. The summed E-state index contributed by atoms with van der Waals surface area (Å²) < 4.78 is 6.67. The third-order valence-corrected chi connectivity index (χ3v) is 8.43. The zero-order valence-corrected chi connectivity index (χ0v) is 28.1. The van der Waals surface area contributed by atoms with Crippen LogP contribution in [0.2, 0.25) is 10.2 Å². The van der Waals surface area contributed by atoms with Crippen LogP contribution in [0.25, 0.3) is 22.9 Å². The fourth-order valence-corrected chi connectivity index (χ4v) is 5.94. The molecule has 15 heteroatoms. The lowest BCUT2D eigenvalue weighted by Gasteiger charge is -2.35. The van der Waals surface area contributed by atoms with Crippen LogP contribution in [0.5, 0.6) is 5.75 Å². The normalized spacial score (nSPS) is 15.4. The topological polar surface area (TPSA) is 157 Å². The van der Waals surface area contributed by atoms with Crippen molar-refractivity contribution in [2.24, 2.45) is 11.8 Å². The zero-order valence-electron chi connectivity index (χ0n) is 26.6. The SMILES string of the molecule is CNC(=O)Oc1ccc(-c2cc([C@H](CC3CCCN(C(=O)C(C)C)C3)NC(=O)/C=C/c3cc(Cl)ccc3-n3cnnn3)nnc2Cl)cc1. The van der Waals surface area contributed by atoms with Gasteiger partial charge in [-0.3, -0.25) is 9.59 Å². The number of likely N-dealkylation sites (tertiary alicyclic amines) is 1. The van der Waals surface area contributed by atoms with Gasteiger partial charge >= 0.3 is 6.09 Å². The highest BCUT2D eigenvalue weighted by Gasteiger charge is 2.29. The van der Waals surface area contributed by atoms with Gasteiger partial charge < -0.3 is 20.3 Å². The van der Waals surface area contributed by atoms with E-state index in [4.69, 9.17) is 27.9 Å². The molecule has 1 saturated heterocycles. The Morgan fingerprint density at radius 1 is 1.08 bits per heavy atom. The number of benzene rings is 2. The van der Waals surface area contributed by atoms with E-state index in [1.165, 1.54) is 24.1 Å². The van der Waals surface area contributed by atoms with Gasteiger partial charge in [-0.05, 0) is 83.6 Å². The van der Waals surface area contributed by atoms with Gasteiger partial charge in [0.05, 0.1) is 17.4 Å². The van der Waals surface area contributed by atoms with Gasteiger partial charge in [-0.2, -0.15) is 9.78 Å². The molecular weight excluding hydrogens is 657 g/mol. The summed E-state index contributed by atoms with van der Waals surface area (Å²) in [6, 6.07) is 13.2. The lowest BCUT2D eigenvalue weighted by atomic mass is 9.89. The minimum atomic E-state index is -0.584. The maximum absolute atomic E-state index is 13.5. The van der Waals surface area contributed by atoms with Gasteiger partial charge in [0.25, 0.3) is 0 Å². The average Bonchev–Trinajstić information content (AvgIpc) is 3.62. The Bertz CT molecular complexity index is 1780. The van der Waals surface area contributed by atoms with Crippen LogP contribution in [-0.4, -0.2) is 73.3 Å². The van der Waals surface area contributed by atoms with Crippen LogP contribution in [0.4, 0.5) is 4.79 Å². The number of nitrogens with zero attached hydrogens (tertiary/aromatic N) is 7. The second-order valence-corrected chi connectivity index (χ2v) is 12.5. The molecule has 0 bridgehead atoms. The first-order chi connectivity index (χ1) is 23.1. The molecule has 250 valence electrons. The van der Waals surface area contributed by atoms with Crippen molar-refractivity contribution in [2.75, 3.05) is 20.1 Å². The summed E-state index contributed by atoms with van der Waals surface area (Å²) in [5.41, 5.74) is 3.09. The lowest BCUT2D eigenvalue weighted by molar-refractivity contribution is -0.136. The van der Waals surface area contributed by atoms with Gasteiger partial charge in [-0.15, -0.1) is 10.2 Å². The Morgan fingerprint density at radius 2 is 1.88 bits per heavy atom. The highest BCUT2D eigenvalue weighted by molar-refractivity contribution is 6.32. The molecule has 1 unspecified atom stereocenters. The first-order valence-electron chi connectivity index (χ1n) is 15.4. The van der Waals surface area contributed by atoms with Crippen LogP contribution in [0.1, 0.15) is 50.4 Å². The predicted molar refractivity (Wildman–Crippen MR) is 180 cm³/mol. The minimum absolute atomic E-state index is 0.105. The Morgan fingerprint density at radius 3 is 2.58 bits per heavy atom. The molecule has 13 nitrogen and oxygen atoms in total. The van der Waals surface area contributed by atoms with Crippen LogP contribution < -0.4 is 15.4 Å². The van der Waals surface area contributed by atoms with E-state index < -0.39 is 12.1 Å². The van der Waals surface area contributed by atoms with Gasteiger partial charge in [0.2, 0.25) is 11.8 Å². The number of tetrazole rings is 1. The van der Waals surface area contributed by atoms with Crippen molar-refractivity contribution in [3.05, 3.63) is 82.4 Å². The van der Waals surface area contributed by atoms with E-state index in [1.54, 1.807) is 54.6 Å². The molecule has 0 saturated carbocycles. The molecule has 48 heavy (non-hydrogen) atoms. The second kappa shape index (κ2) is 15.8. The van der Waals surface area contributed by atoms with Crippen LogP contribution in [0, 0.1) is 11.8 Å². The van der Waals surface area contributed by atoms with Crippen molar-refractivity contribution in [2.45, 2.75) is 39.2 Å². The van der Waals surface area contributed by atoms with Crippen LogP contribution >= 0.6 is 23.2 Å². The summed E-state index contributed by atoms with van der Waals surface area (Å²) in [4.78, 5) is 39.8. The Balaban J connectivity index is 1.42. The first kappa shape index (κ1) is 34.5. The molecule has 1 fully saturated rings. The number of carbonyl (C=O) groups is 3. The number of halogens is 2. The van der Waals surface area contributed by atoms with Crippen molar-refractivity contribution in [1.29, 1.82) is 0 Å². The molecule has 0 radical (unpaired) electrons. The number of piperidine rings is 1. The van der Waals surface area contributed by atoms with Gasteiger partial charge in [0.1, 0.15) is 12.1 Å². The number of ether oxygens (including phenoxy) is 1. The molecule has 2 aromatic carbocycles. The molecule has 0 aliphatic carbocycles. The molecule has 2 N–H and O–H groups in total. The molecule has 1 aliphatic rings. The maximum Gasteiger partial charge on any atom is 0.412 e. The third-order valence-electron chi connectivity index (χ3n) is 7.91. The van der Waals surface area contributed by atoms with E-state index in [0.29, 0.717) is 58.4 Å². The first-order valence-corrected chi connectivity index (χ1v) is 16.2. The molecule has 3 heterocycles. The molecule has 5 rings (SSSR count). The van der Waals surface area contributed by atoms with E-state index in [0.717, 1.165) is 12.8 Å². The van der Waals surface area contributed by atoms with Crippen LogP contribution in [0.15, 0.2) is 60.9 Å². The molecule has 4 aromatic rings. The third kappa shape index (κ3) is 8.72. The van der Waals surface area contributed by atoms with Crippen LogP contribution in [-0.2, 0) is 9.59 Å². The lowest BCUT2D eigenvalue weighted by Crippen LogP contribution is -2.43. The van der Waals surface area contributed by atoms with Crippen molar-refractivity contribution < 1.29 is 19.1 Å². The van der Waals surface area contributed by atoms with Crippen molar-refractivity contribution >= 4 is 47.2 Å². The Kier molecular flexibility index (Phi) is 11.3. The van der Waals surface area contributed by atoms with Crippen molar-refractivity contribution in [1.82, 2.24) is 45.9 Å². The van der Waals surface area contributed by atoms with E-state index in [1.807, 2.05) is 18.7 Å². The van der Waals surface area contributed by atoms with Gasteiger partial charge in [0, 0.05) is 48.3 Å². The van der Waals surface area contributed by atoms with Crippen molar-refractivity contribution in [3.8, 4) is 22.6 Å². The summed E-state index contributed by atoms with van der Waals surface area (Å²) in [5.74, 6) is 0.0984. The minimum Gasteiger partial charge on any atom is -0.410 e.